The van der Waals surface area contributed by atoms with Crippen LogP contribution in [0.5, 0.6) is 0 Å². The summed E-state index contributed by atoms with van der Waals surface area (Å²) in [7, 11) is -3.52. The molecular formula is C22H28N2O3S. The number of nitrogens with zero attached hydrogens (tertiary/aromatic N) is 2. The summed E-state index contributed by atoms with van der Waals surface area (Å²) in [5.41, 5.74) is 1.70. The van der Waals surface area contributed by atoms with E-state index in [1.165, 1.54) is 0 Å². The number of ether oxygens (including phenoxy) is 1. The number of morpholine rings is 1. The van der Waals surface area contributed by atoms with E-state index >= 15 is 0 Å². The van der Waals surface area contributed by atoms with Crippen LogP contribution >= 0.6 is 0 Å². The standard InChI is InChI=1S/C22H28N2O3S/c1-18-17-23(15-16-27-18)20-11-13-24(14-12-20)28(25,26)22-10-6-5-9-21(22)19-7-3-2-4-8-19/h2-10,18,20H,11-17H2,1H3. The lowest BCUT2D eigenvalue weighted by molar-refractivity contribution is -0.0406. The van der Waals surface area contributed by atoms with E-state index in [0.717, 1.165) is 43.7 Å². The monoisotopic (exact) mass is 400 g/mol. The van der Waals surface area contributed by atoms with Gasteiger partial charge in [0.2, 0.25) is 10.0 Å². The van der Waals surface area contributed by atoms with Gasteiger partial charge in [-0.3, -0.25) is 4.90 Å². The first-order valence-corrected chi connectivity index (χ1v) is 11.5. The zero-order valence-corrected chi connectivity index (χ0v) is 17.1. The van der Waals surface area contributed by atoms with Crippen LogP contribution in [0.4, 0.5) is 0 Å². The minimum absolute atomic E-state index is 0.258. The van der Waals surface area contributed by atoms with Crippen LogP contribution in [-0.4, -0.2) is 62.6 Å². The second kappa shape index (κ2) is 8.33. The van der Waals surface area contributed by atoms with E-state index in [1.54, 1.807) is 16.4 Å². The average molecular weight is 401 g/mol. The highest BCUT2D eigenvalue weighted by Crippen LogP contribution is 2.31. The van der Waals surface area contributed by atoms with Crippen molar-refractivity contribution < 1.29 is 13.2 Å². The maximum Gasteiger partial charge on any atom is 0.243 e. The van der Waals surface area contributed by atoms with Gasteiger partial charge in [0, 0.05) is 37.8 Å². The zero-order chi connectivity index (χ0) is 19.6. The van der Waals surface area contributed by atoms with Crippen molar-refractivity contribution >= 4 is 10.0 Å². The molecule has 0 spiro atoms. The van der Waals surface area contributed by atoms with E-state index in [9.17, 15) is 8.42 Å². The van der Waals surface area contributed by atoms with Gasteiger partial charge in [-0.2, -0.15) is 4.31 Å². The second-order valence-corrected chi connectivity index (χ2v) is 9.58. The molecule has 2 fully saturated rings. The predicted octanol–water partition coefficient (Wildman–Crippen LogP) is 3.23. The van der Waals surface area contributed by atoms with Crippen molar-refractivity contribution in [3.8, 4) is 11.1 Å². The Balaban J connectivity index is 1.51. The number of rotatable bonds is 4. The van der Waals surface area contributed by atoms with Gasteiger partial charge in [-0.05, 0) is 31.4 Å². The summed E-state index contributed by atoms with van der Waals surface area (Å²) in [6.45, 7) is 5.90. The van der Waals surface area contributed by atoms with Gasteiger partial charge in [-0.1, -0.05) is 48.5 Å². The van der Waals surface area contributed by atoms with E-state index in [1.807, 2.05) is 42.5 Å². The molecule has 150 valence electrons. The zero-order valence-electron chi connectivity index (χ0n) is 16.3. The first-order chi connectivity index (χ1) is 13.6. The molecule has 2 aromatic rings. The molecule has 2 aromatic carbocycles. The number of piperidine rings is 1. The van der Waals surface area contributed by atoms with E-state index in [-0.39, 0.29) is 6.10 Å². The number of hydrogen-bond acceptors (Lipinski definition) is 4. The third kappa shape index (κ3) is 4.01. The van der Waals surface area contributed by atoms with Crippen molar-refractivity contribution in [3.05, 3.63) is 54.6 Å². The molecule has 2 aliphatic rings. The van der Waals surface area contributed by atoms with E-state index < -0.39 is 10.0 Å². The van der Waals surface area contributed by atoms with Gasteiger partial charge in [0.25, 0.3) is 0 Å². The largest absolute Gasteiger partial charge is 0.376 e. The van der Waals surface area contributed by atoms with Crippen LogP contribution in [0.25, 0.3) is 11.1 Å². The van der Waals surface area contributed by atoms with E-state index in [0.29, 0.717) is 24.0 Å². The van der Waals surface area contributed by atoms with Gasteiger partial charge in [0.15, 0.2) is 0 Å². The summed E-state index contributed by atoms with van der Waals surface area (Å²) in [6, 6.07) is 17.5. The van der Waals surface area contributed by atoms with E-state index in [2.05, 4.69) is 11.8 Å². The molecule has 1 unspecified atom stereocenters. The van der Waals surface area contributed by atoms with Gasteiger partial charge >= 0.3 is 0 Å². The summed E-state index contributed by atoms with van der Waals surface area (Å²) in [6.07, 6.45) is 2.01. The molecule has 28 heavy (non-hydrogen) atoms. The Bertz CT molecular complexity index is 893. The third-order valence-electron chi connectivity index (χ3n) is 5.80. The molecule has 0 N–H and O–H groups in total. The predicted molar refractivity (Wildman–Crippen MR) is 111 cm³/mol. The fourth-order valence-corrected chi connectivity index (χ4v) is 6.00. The number of hydrogen-bond donors (Lipinski definition) is 0. The van der Waals surface area contributed by atoms with Crippen LogP contribution in [0.3, 0.4) is 0 Å². The fourth-order valence-electron chi connectivity index (χ4n) is 4.31. The maximum atomic E-state index is 13.4. The van der Waals surface area contributed by atoms with Gasteiger partial charge in [0.05, 0.1) is 17.6 Å². The van der Waals surface area contributed by atoms with Crippen LogP contribution in [0.1, 0.15) is 19.8 Å². The summed E-state index contributed by atoms with van der Waals surface area (Å²) in [5.74, 6) is 0. The normalized spacial score (nSPS) is 23.0. The fraction of sp³-hybridized carbons (Fsp3) is 0.455. The Morgan fingerprint density at radius 3 is 2.32 bits per heavy atom. The smallest absolute Gasteiger partial charge is 0.243 e. The van der Waals surface area contributed by atoms with Crippen LogP contribution in [0, 0.1) is 0 Å². The van der Waals surface area contributed by atoms with Crippen LogP contribution in [0.15, 0.2) is 59.5 Å². The lowest BCUT2D eigenvalue weighted by atomic mass is 10.0. The molecule has 2 saturated heterocycles. The molecule has 4 rings (SSSR count). The van der Waals surface area contributed by atoms with Gasteiger partial charge in [-0.15, -0.1) is 0 Å². The SMILES string of the molecule is CC1CN(C2CCN(S(=O)(=O)c3ccccc3-c3ccccc3)CC2)CCO1. The lowest BCUT2D eigenvalue weighted by Crippen LogP contribution is -2.51. The maximum absolute atomic E-state index is 13.4. The van der Waals surface area contributed by atoms with Gasteiger partial charge < -0.3 is 4.74 Å². The van der Waals surface area contributed by atoms with Crippen LogP contribution < -0.4 is 0 Å². The molecule has 0 aliphatic carbocycles. The van der Waals surface area contributed by atoms with Crippen molar-refractivity contribution in [2.24, 2.45) is 0 Å². The van der Waals surface area contributed by atoms with Gasteiger partial charge in [0.1, 0.15) is 0 Å². The summed E-state index contributed by atoms with van der Waals surface area (Å²) in [5, 5.41) is 0. The highest BCUT2D eigenvalue weighted by Gasteiger charge is 2.34. The molecular weight excluding hydrogens is 372 g/mol. The van der Waals surface area contributed by atoms with E-state index in [4.69, 9.17) is 4.74 Å². The van der Waals surface area contributed by atoms with Crippen molar-refractivity contribution in [2.45, 2.75) is 36.8 Å². The van der Waals surface area contributed by atoms with Crippen molar-refractivity contribution in [1.82, 2.24) is 9.21 Å². The Kier molecular flexibility index (Phi) is 5.83. The Hall–Kier alpha value is -1.73. The Labute approximate surface area is 168 Å². The molecule has 2 aliphatic heterocycles. The van der Waals surface area contributed by atoms with Crippen molar-refractivity contribution in [2.75, 3.05) is 32.8 Å². The lowest BCUT2D eigenvalue weighted by Gasteiger charge is -2.41. The summed E-state index contributed by atoms with van der Waals surface area (Å²) >= 11 is 0. The molecule has 6 heteroatoms. The molecule has 1 atom stereocenters. The van der Waals surface area contributed by atoms with Crippen LogP contribution in [-0.2, 0) is 14.8 Å². The topological polar surface area (TPSA) is 49.9 Å². The molecule has 0 amide bonds. The molecule has 0 bridgehead atoms. The Morgan fingerprint density at radius 2 is 1.61 bits per heavy atom. The number of benzene rings is 2. The first-order valence-electron chi connectivity index (χ1n) is 10.1. The number of sulfonamides is 1. The second-order valence-electron chi connectivity index (χ2n) is 7.67. The van der Waals surface area contributed by atoms with Crippen molar-refractivity contribution in [3.63, 3.8) is 0 Å². The Morgan fingerprint density at radius 1 is 0.929 bits per heavy atom. The quantitative estimate of drug-likeness (QED) is 0.791. The highest BCUT2D eigenvalue weighted by atomic mass is 32.2. The highest BCUT2D eigenvalue weighted by molar-refractivity contribution is 7.89. The molecule has 5 nitrogen and oxygen atoms in total. The summed E-state index contributed by atoms with van der Waals surface area (Å²) < 4.78 is 34.1. The molecule has 2 heterocycles. The first kappa shape index (κ1) is 19.6. The minimum Gasteiger partial charge on any atom is -0.376 e. The molecule has 0 aromatic heterocycles. The average Bonchev–Trinajstić information content (AvgIpc) is 2.74. The third-order valence-corrected chi connectivity index (χ3v) is 7.76. The van der Waals surface area contributed by atoms with Gasteiger partial charge in [-0.25, -0.2) is 8.42 Å². The van der Waals surface area contributed by atoms with Crippen LogP contribution in [0.2, 0.25) is 0 Å². The summed E-state index contributed by atoms with van der Waals surface area (Å²) in [4.78, 5) is 2.87. The molecule has 0 saturated carbocycles. The molecule has 0 radical (unpaired) electrons. The van der Waals surface area contributed by atoms with Crippen molar-refractivity contribution in [1.29, 1.82) is 0 Å². The minimum atomic E-state index is -3.52.